The average Bonchev–Trinajstić information content (AvgIpc) is 3.75. The van der Waals surface area contributed by atoms with E-state index in [2.05, 4.69) is 89.5 Å². The predicted molar refractivity (Wildman–Crippen MR) is 182 cm³/mol. The molecule has 45 heavy (non-hydrogen) atoms. The highest BCUT2D eigenvalue weighted by Gasteiger charge is 2.20. The fraction of sp³-hybridized carbons (Fsp3) is 0. The van der Waals surface area contributed by atoms with Crippen LogP contribution in [0.15, 0.2) is 148 Å². The molecule has 0 fully saturated rings. The van der Waals surface area contributed by atoms with Crippen LogP contribution in [0.4, 0.5) is 0 Å². The summed E-state index contributed by atoms with van der Waals surface area (Å²) in [5, 5.41) is 6.46. The molecule has 0 amide bonds. The first kappa shape index (κ1) is 24.3. The number of para-hydroxylation sites is 2. The first-order valence-corrected chi connectivity index (χ1v) is 15.0. The number of rotatable bonds is 3. The van der Waals surface area contributed by atoms with Gasteiger partial charge in [0.1, 0.15) is 22.3 Å². The second-order valence-electron chi connectivity index (χ2n) is 11.4. The van der Waals surface area contributed by atoms with Crippen molar-refractivity contribution in [3.63, 3.8) is 0 Å². The molecule has 6 aromatic carbocycles. The van der Waals surface area contributed by atoms with Gasteiger partial charge in [-0.05, 0) is 36.4 Å². The van der Waals surface area contributed by atoms with Gasteiger partial charge in [0, 0.05) is 49.5 Å². The summed E-state index contributed by atoms with van der Waals surface area (Å²) in [6.07, 6.45) is 0. The van der Waals surface area contributed by atoms with Crippen molar-refractivity contribution in [1.29, 1.82) is 0 Å². The Kier molecular flexibility index (Phi) is 4.93. The number of furan rings is 2. The van der Waals surface area contributed by atoms with Gasteiger partial charge in [-0.15, -0.1) is 0 Å². The molecule has 5 nitrogen and oxygen atoms in total. The molecule has 0 saturated carbocycles. The Bertz CT molecular complexity index is 2700. The minimum absolute atomic E-state index is 0.612. The Balaban J connectivity index is 1.27. The maximum Gasteiger partial charge on any atom is 0.235 e. The number of hydrogen-bond acceptors (Lipinski definition) is 4. The first-order valence-electron chi connectivity index (χ1n) is 15.0. The van der Waals surface area contributed by atoms with Crippen molar-refractivity contribution in [2.75, 3.05) is 0 Å². The molecule has 0 atom stereocenters. The molecule has 0 saturated heterocycles. The van der Waals surface area contributed by atoms with Gasteiger partial charge in [-0.1, -0.05) is 97.1 Å². The lowest BCUT2D eigenvalue weighted by molar-refractivity contribution is 0.664. The van der Waals surface area contributed by atoms with Gasteiger partial charge in [0.25, 0.3) is 0 Å². The second kappa shape index (κ2) is 9.15. The minimum atomic E-state index is 0.612. The zero-order valence-corrected chi connectivity index (χ0v) is 23.9. The Labute approximate surface area is 256 Å². The Morgan fingerprint density at radius 2 is 0.911 bits per heavy atom. The summed E-state index contributed by atoms with van der Waals surface area (Å²) in [5.41, 5.74) is 9.20. The van der Waals surface area contributed by atoms with Crippen molar-refractivity contribution in [2.45, 2.75) is 0 Å². The lowest BCUT2D eigenvalue weighted by Gasteiger charge is -2.11. The largest absolute Gasteiger partial charge is 0.456 e. The zero-order chi connectivity index (χ0) is 29.5. The fourth-order valence-corrected chi connectivity index (χ4v) is 6.72. The van der Waals surface area contributed by atoms with Crippen molar-refractivity contribution >= 4 is 65.7 Å². The van der Waals surface area contributed by atoms with E-state index in [9.17, 15) is 0 Å². The van der Waals surface area contributed by atoms with Crippen LogP contribution in [0.2, 0.25) is 0 Å². The number of hydrogen-bond donors (Lipinski definition) is 0. The highest BCUT2D eigenvalue weighted by molar-refractivity contribution is 6.20. The highest BCUT2D eigenvalue weighted by atomic mass is 16.3. The normalized spacial score (nSPS) is 12.0. The molecule has 0 N–H and O–H groups in total. The van der Waals surface area contributed by atoms with Crippen LogP contribution in [-0.2, 0) is 0 Å². The van der Waals surface area contributed by atoms with Gasteiger partial charge in [0.05, 0.1) is 22.4 Å². The van der Waals surface area contributed by atoms with E-state index in [4.69, 9.17) is 18.8 Å². The van der Waals surface area contributed by atoms with E-state index in [0.29, 0.717) is 5.95 Å². The van der Waals surface area contributed by atoms with Crippen molar-refractivity contribution in [2.24, 2.45) is 0 Å². The third kappa shape index (κ3) is 3.61. The molecule has 10 aromatic rings. The molecule has 4 aromatic heterocycles. The van der Waals surface area contributed by atoms with Crippen LogP contribution in [-0.4, -0.2) is 14.5 Å². The van der Waals surface area contributed by atoms with Crippen molar-refractivity contribution in [3.8, 4) is 28.5 Å². The lowest BCUT2D eigenvalue weighted by atomic mass is 10.1. The van der Waals surface area contributed by atoms with Crippen LogP contribution in [0.1, 0.15) is 0 Å². The SMILES string of the molecule is c1ccc(-c2cc(-c3ccccc3)nc(-n3c4ccccc4c4cc5c(cc43)oc3cc4c(cc35)oc3ccccc34)n2)cc1. The van der Waals surface area contributed by atoms with E-state index >= 15 is 0 Å². The van der Waals surface area contributed by atoms with E-state index in [1.54, 1.807) is 0 Å². The molecule has 0 unspecified atom stereocenters. The number of fused-ring (bicyclic) bond motifs is 9. The molecule has 0 aliphatic heterocycles. The monoisotopic (exact) mass is 577 g/mol. The van der Waals surface area contributed by atoms with Gasteiger partial charge in [-0.25, -0.2) is 9.97 Å². The molecular weight excluding hydrogens is 554 g/mol. The molecule has 4 heterocycles. The summed E-state index contributed by atoms with van der Waals surface area (Å²) < 4.78 is 15.0. The van der Waals surface area contributed by atoms with E-state index < -0.39 is 0 Å². The van der Waals surface area contributed by atoms with E-state index in [-0.39, 0.29) is 0 Å². The highest BCUT2D eigenvalue weighted by Crippen LogP contribution is 2.41. The average molecular weight is 578 g/mol. The van der Waals surface area contributed by atoms with Crippen LogP contribution in [0, 0.1) is 0 Å². The van der Waals surface area contributed by atoms with Gasteiger partial charge in [0.15, 0.2) is 0 Å². The lowest BCUT2D eigenvalue weighted by Crippen LogP contribution is -2.03. The first-order chi connectivity index (χ1) is 22.3. The van der Waals surface area contributed by atoms with Gasteiger partial charge >= 0.3 is 0 Å². The second-order valence-corrected chi connectivity index (χ2v) is 11.4. The van der Waals surface area contributed by atoms with Crippen molar-refractivity contribution in [1.82, 2.24) is 14.5 Å². The molecule has 10 rings (SSSR count). The van der Waals surface area contributed by atoms with Gasteiger partial charge in [-0.2, -0.15) is 0 Å². The van der Waals surface area contributed by atoms with E-state index in [1.807, 2.05) is 54.6 Å². The summed E-state index contributed by atoms with van der Waals surface area (Å²) in [4.78, 5) is 10.3. The third-order valence-electron chi connectivity index (χ3n) is 8.82. The maximum absolute atomic E-state index is 6.56. The van der Waals surface area contributed by atoms with Crippen LogP contribution < -0.4 is 0 Å². The van der Waals surface area contributed by atoms with Crippen molar-refractivity contribution < 1.29 is 8.83 Å². The molecule has 5 heteroatoms. The topological polar surface area (TPSA) is 57.0 Å². The van der Waals surface area contributed by atoms with Crippen LogP contribution in [0.25, 0.3) is 94.1 Å². The predicted octanol–water partition coefficient (Wildman–Crippen LogP) is 10.7. The van der Waals surface area contributed by atoms with Crippen LogP contribution >= 0.6 is 0 Å². The van der Waals surface area contributed by atoms with Gasteiger partial charge in [0.2, 0.25) is 5.95 Å². The maximum atomic E-state index is 6.56. The molecule has 210 valence electrons. The molecule has 0 spiro atoms. The molecule has 0 bridgehead atoms. The fourth-order valence-electron chi connectivity index (χ4n) is 6.72. The Morgan fingerprint density at radius 1 is 0.378 bits per heavy atom. The Morgan fingerprint density at radius 3 is 1.62 bits per heavy atom. The molecule has 0 radical (unpaired) electrons. The smallest absolute Gasteiger partial charge is 0.235 e. The molecule has 0 aliphatic rings. The molecular formula is C40H23N3O2. The number of aromatic nitrogens is 3. The van der Waals surface area contributed by atoms with Crippen LogP contribution in [0.3, 0.4) is 0 Å². The summed E-state index contributed by atoms with van der Waals surface area (Å²) in [7, 11) is 0. The summed E-state index contributed by atoms with van der Waals surface area (Å²) in [6.45, 7) is 0. The van der Waals surface area contributed by atoms with E-state index in [0.717, 1.165) is 88.2 Å². The van der Waals surface area contributed by atoms with E-state index in [1.165, 1.54) is 0 Å². The quantitative estimate of drug-likeness (QED) is 0.210. The summed E-state index contributed by atoms with van der Waals surface area (Å²) in [6, 6.07) is 47.8. The Hall–Kier alpha value is -6.20. The van der Waals surface area contributed by atoms with Gasteiger partial charge in [-0.3, -0.25) is 4.57 Å². The molecule has 0 aliphatic carbocycles. The number of benzene rings is 6. The zero-order valence-electron chi connectivity index (χ0n) is 23.9. The van der Waals surface area contributed by atoms with Gasteiger partial charge < -0.3 is 8.83 Å². The number of nitrogens with zero attached hydrogens (tertiary/aromatic N) is 3. The van der Waals surface area contributed by atoms with Crippen LogP contribution in [0.5, 0.6) is 0 Å². The summed E-state index contributed by atoms with van der Waals surface area (Å²) in [5.74, 6) is 0.612. The minimum Gasteiger partial charge on any atom is -0.456 e. The summed E-state index contributed by atoms with van der Waals surface area (Å²) >= 11 is 0. The standard InChI is InChI=1S/C40H23N3O2/c1-3-11-24(12-4-1)32-22-33(25-13-5-2-6-14-25)42-40(41-32)43-34-17-9-7-15-26(34)28-19-29-31-21-37-30(27-16-8-10-18-36(27)44-37)20-38(31)45-39(29)23-35(28)43/h1-23H. The third-order valence-corrected chi connectivity index (χ3v) is 8.82. The van der Waals surface area contributed by atoms with Crippen molar-refractivity contribution in [3.05, 3.63) is 140 Å².